The number of H-pyrrole nitrogens is 1. The molecule has 0 bridgehead atoms. The minimum absolute atomic E-state index is 0.0377. The number of aliphatic carboxylic acids is 1. The van der Waals surface area contributed by atoms with Gasteiger partial charge in [0.2, 0.25) is 0 Å². The first-order valence-corrected chi connectivity index (χ1v) is 6.74. The average Bonchev–Trinajstić information content (AvgIpc) is 2.83. The Morgan fingerprint density at radius 3 is 2.80 bits per heavy atom. The molecule has 0 radical (unpaired) electrons. The van der Waals surface area contributed by atoms with Crippen molar-refractivity contribution in [1.29, 1.82) is 0 Å². The third-order valence-electron chi connectivity index (χ3n) is 3.75. The third-order valence-corrected chi connectivity index (χ3v) is 3.75. The molecule has 108 valence electrons. The van der Waals surface area contributed by atoms with E-state index >= 15 is 0 Å². The number of hydrogen-bond acceptors (Lipinski definition) is 3. The van der Waals surface area contributed by atoms with Crippen molar-refractivity contribution in [3.8, 4) is 0 Å². The number of hydrogen-bond donors (Lipinski definition) is 2. The first kappa shape index (κ1) is 14.3. The van der Waals surface area contributed by atoms with E-state index in [1.165, 1.54) is 17.2 Å². The van der Waals surface area contributed by atoms with E-state index in [0.717, 1.165) is 12.8 Å². The fraction of sp³-hybridized carbons (Fsp3) is 0.500. The number of amides is 1. The Morgan fingerprint density at radius 1 is 1.45 bits per heavy atom. The van der Waals surface area contributed by atoms with Crippen LogP contribution in [0.2, 0.25) is 0 Å². The van der Waals surface area contributed by atoms with Crippen molar-refractivity contribution < 1.29 is 14.7 Å². The summed E-state index contributed by atoms with van der Waals surface area (Å²) in [5.74, 6) is -1.84. The van der Waals surface area contributed by atoms with E-state index in [1.807, 2.05) is 6.92 Å². The molecule has 2 heterocycles. The van der Waals surface area contributed by atoms with Crippen molar-refractivity contribution in [2.45, 2.75) is 19.8 Å². The molecule has 2 N–H and O–H groups in total. The lowest BCUT2D eigenvalue weighted by molar-refractivity contribution is -0.142. The molecule has 2 atom stereocenters. The summed E-state index contributed by atoms with van der Waals surface area (Å²) in [6, 6.07) is 3.05. The number of carbonyl (C=O) groups is 2. The number of aromatic amines is 1. The van der Waals surface area contributed by atoms with Crippen LogP contribution in [-0.4, -0.2) is 40.0 Å². The molecule has 20 heavy (non-hydrogen) atoms. The van der Waals surface area contributed by atoms with Gasteiger partial charge in [-0.2, -0.15) is 0 Å². The van der Waals surface area contributed by atoms with Crippen molar-refractivity contribution in [3.05, 3.63) is 34.2 Å². The normalized spacial score (nSPS) is 21.9. The summed E-state index contributed by atoms with van der Waals surface area (Å²) in [6.45, 7) is 2.57. The van der Waals surface area contributed by atoms with Crippen LogP contribution in [-0.2, 0) is 4.79 Å². The van der Waals surface area contributed by atoms with Crippen molar-refractivity contribution in [1.82, 2.24) is 9.88 Å². The van der Waals surface area contributed by atoms with Crippen molar-refractivity contribution in [3.63, 3.8) is 0 Å². The van der Waals surface area contributed by atoms with Crippen LogP contribution < -0.4 is 5.56 Å². The van der Waals surface area contributed by atoms with E-state index in [1.54, 1.807) is 6.07 Å². The smallest absolute Gasteiger partial charge is 0.308 e. The van der Waals surface area contributed by atoms with Gasteiger partial charge in [-0.15, -0.1) is 0 Å². The minimum atomic E-state index is -0.874. The van der Waals surface area contributed by atoms with E-state index in [0.29, 0.717) is 6.54 Å². The molecular weight excluding hydrogens is 260 g/mol. The summed E-state index contributed by atoms with van der Waals surface area (Å²) >= 11 is 0. The summed E-state index contributed by atoms with van der Waals surface area (Å²) in [6.07, 6.45) is 3.11. The summed E-state index contributed by atoms with van der Waals surface area (Å²) < 4.78 is 0. The van der Waals surface area contributed by atoms with Crippen LogP contribution in [0, 0.1) is 11.8 Å². The van der Waals surface area contributed by atoms with Gasteiger partial charge in [0.25, 0.3) is 11.5 Å². The van der Waals surface area contributed by atoms with E-state index in [4.69, 9.17) is 0 Å². The van der Waals surface area contributed by atoms with Crippen molar-refractivity contribution in [2.24, 2.45) is 11.8 Å². The lowest BCUT2D eigenvalue weighted by atomic mass is 9.92. The zero-order valence-corrected chi connectivity index (χ0v) is 11.3. The predicted octanol–water partition coefficient (Wildman–Crippen LogP) is 0.948. The largest absolute Gasteiger partial charge is 0.481 e. The Bertz CT molecular complexity index is 566. The molecule has 1 fully saturated rings. The van der Waals surface area contributed by atoms with Crippen LogP contribution in [0.15, 0.2) is 23.1 Å². The number of pyridine rings is 1. The van der Waals surface area contributed by atoms with Crippen molar-refractivity contribution >= 4 is 11.9 Å². The highest BCUT2D eigenvalue weighted by molar-refractivity contribution is 5.94. The summed E-state index contributed by atoms with van der Waals surface area (Å²) in [5, 5.41) is 9.23. The fourth-order valence-electron chi connectivity index (χ4n) is 2.74. The van der Waals surface area contributed by atoms with E-state index in [2.05, 4.69) is 4.98 Å². The first-order valence-electron chi connectivity index (χ1n) is 6.74. The van der Waals surface area contributed by atoms with Gasteiger partial charge in [0, 0.05) is 19.3 Å². The highest BCUT2D eigenvalue weighted by Crippen LogP contribution is 2.28. The molecule has 1 aliphatic heterocycles. The lowest BCUT2D eigenvalue weighted by Gasteiger charge is -2.15. The maximum absolute atomic E-state index is 12.3. The van der Waals surface area contributed by atoms with Crippen LogP contribution in [0.25, 0.3) is 0 Å². The van der Waals surface area contributed by atoms with Gasteiger partial charge in [-0.3, -0.25) is 14.4 Å². The van der Waals surface area contributed by atoms with Gasteiger partial charge in [-0.1, -0.05) is 13.3 Å². The van der Waals surface area contributed by atoms with E-state index in [9.17, 15) is 19.5 Å². The van der Waals surface area contributed by atoms with Gasteiger partial charge in [0.1, 0.15) is 5.56 Å². The van der Waals surface area contributed by atoms with Crippen LogP contribution in [0.1, 0.15) is 30.1 Å². The SMILES string of the molecule is CCC[C@@H]1CN(C(=O)c2ccc[nH]c2=O)C[C@H]1C(=O)O. The number of aromatic nitrogens is 1. The van der Waals surface area contributed by atoms with Crippen molar-refractivity contribution in [2.75, 3.05) is 13.1 Å². The number of carbonyl (C=O) groups excluding carboxylic acids is 1. The Hall–Kier alpha value is -2.11. The summed E-state index contributed by atoms with van der Waals surface area (Å²) in [5.41, 5.74) is -0.378. The van der Waals surface area contributed by atoms with Gasteiger partial charge in [-0.25, -0.2) is 0 Å². The second-order valence-corrected chi connectivity index (χ2v) is 5.12. The Kier molecular flexibility index (Phi) is 4.22. The van der Waals surface area contributed by atoms with Gasteiger partial charge < -0.3 is 15.0 Å². The molecule has 6 nitrogen and oxygen atoms in total. The topological polar surface area (TPSA) is 90.5 Å². The number of likely N-dealkylation sites (tertiary alicyclic amines) is 1. The molecule has 2 rings (SSSR count). The zero-order chi connectivity index (χ0) is 14.7. The number of carboxylic acid groups (broad SMARTS) is 1. The Labute approximate surface area is 116 Å². The van der Waals surface area contributed by atoms with Gasteiger partial charge in [-0.05, 0) is 24.5 Å². The second kappa shape index (κ2) is 5.90. The molecule has 0 spiro atoms. The van der Waals surface area contributed by atoms with Gasteiger partial charge in [0.05, 0.1) is 5.92 Å². The minimum Gasteiger partial charge on any atom is -0.481 e. The zero-order valence-electron chi connectivity index (χ0n) is 11.3. The number of rotatable bonds is 4. The molecule has 1 amide bonds. The molecule has 1 aromatic heterocycles. The quantitative estimate of drug-likeness (QED) is 0.858. The van der Waals surface area contributed by atoms with Crippen LogP contribution in [0.5, 0.6) is 0 Å². The third kappa shape index (κ3) is 2.74. The molecule has 1 saturated heterocycles. The van der Waals surface area contributed by atoms with Gasteiger partial charge in [0.15, 0.2) is 0 Å². The molecule has 0 aromatic carbocycles. The van der Waals surface area contributed by atoms with Crippen LogP contribution >= 0.6 is 0 Å². The highest BCUT2D eigenvalue weighted by Gasteiger charge is 2.39. The molecule has 6 heteroatoms. The van der Waals surface area contributed by atoms with Crippen LogP contribution in [0.4, 0.5) is 0 Å². The summed E-state index contributed by atoms with van der Waals surface area (Å²) in [7, 11) is 0. The molecule has 0 saturated carbocycles. The molecule has 0 aliphatic carbocycles. The van der Waals surface area contributed by atoms with Crippen LogP contribution in [0.3, 0.4) is 0 Å². The fourth-order valence-corrected chi connectivity index (χ4v) is 2.74. The second-order valence-electron chi connectivity index (χ2n) is 5.12. The Balaban J connectivity index is 2.19. The molecule has 1 aromatic rings. The summed E-state index contributed by atoms with van der Waals surface area (Å²) in [4.78, 5) is 39.1. The predicted molar refractivity (Wildman–Crippen MR) is 72.5 cm³/mol. The highest BCUT2D eigenvalue weighted by atomic mass is 16.4. The lowest BCUT2D eigenvalue weighted by Crippen LogP contribution is -2.33. The standard InChI is InChI=1S/C14H18N2O4/c1-2-4-9-7-16(8-11(9)14(19)20)13(18)10-5-3-6-15-12(10)17/h3,5-6,9,11H,2,4,7-8H2,1H3,(H,15,17)(H,19,20)/t9-,11-/m1/s1. The number of nitrogens with one attached hydrogen (secondary N) is 1. The number of carboxylic acids is 1. The Morgan fingerprint density at radius 2 is 2.20 bits per heavy atom. The average molecular weight is 278 g/mol. The molecular formula is C14H18N2O4. The maximum atomic E-state index is 12.3. The molecule has 0 unspecified atom stereocenters. The monoisotopic (exact) mass is 278 g/mol. The molecule has 1 aliphatic rings. The van der Waals surface area contributed by atoms with E-state index in [-0.39, 0.29) is 18.0 Å². The van der Waals surface area contributed by atoms with Gasteiger partial charge >= 0.3 is 5.97 Å². The first-order chi connectivity index (χ1) is 9.54. The van der Waals surface area contributed by atoms with E-state index < -0.39 is 23.4 Å². The number of nitrogens with zero attached hydrogens (tertiary/aromatic N) is 1. The maximum Gasteiger partial charge on any atom is 0.308 e.